The number of imidazole rings is 1. The van der Waals surface area contributed by atoms with Gasteiger partial charge >= 0.3 is 5.69 Å². The van der Waals surface area contributed by atoms with E-state index in [1.54, 1.807) is 20.8 Å². The Labute approximate surface area is 360 Å². The van der Waals surface area contributed by atoms with E-state index < -0.39 is 62.0 Å². The van der Waals surface area contributed by atoms with Crippen molar-refractivity contribution in [3.8, 4) is 6.07 Å². The number of morpholine rings is 1. The standard InChI is InChI=1S/C39H60N11O11P/c1-10-26-18-47(20-29(59-26)48-17-25(8)35(53)46-39(48)55)19-28(51)41-16-27-31(61-62(58-13-11-12-40)50(23(4)5)24(6)7)32(57-15-14-56-9)37(60-27)49-21-42-30-33(49)43-38(45-36(30)54)44-34(52)22(2)3/h17,21-24,26-27,29,31-32,37H,10-11,13-16,18-20H2,1-9H3,(H,41,51)(H,46,53,55)(H2,43,44,45,52,54)/t26-,27-,29-,31+,32?,37-,62?/m1/s1. The van der Waals surface area contributed by atoms with Gasteiger partial charge in [0.05, 0.1) is 51.3 Å². The number of ether oxygens (including phenoxy) is 4. The predicted octanol–water partition coefficient (Wildman–Crippen LogP) is 1.89. The highest BCUT2D eigenvalue weighted by Crippen LogP contribution is 2.50. The lowest BCUT2D eigenvalue weighted by Gasteiger charge is -2.38. The van der Waals surface area contributed by atoms with Crippen molar-refractivity contribution in [2.75, 3.05) is 58.4 Å². The molecule has 0 saturated carbocycles. The third kappa shape index (κ3) is 12.0. The molecule has 2 aliphatic heterocycles. The molecule has 2 saturated heterocycles. The van der Waals surface area contributed by atoms with E-state index in [2.05, 4.69) is 41.3 Å². The van der Waals surface area contributed by atoms with Gasteiger partial charge in [-0.25, -0.2) is 14.4 Å². The van der Waals surface area contributed by atoms with E-state index in [9.17, 15) is 29.2 Å². The number of carbonyl (C=O) groups excluding carboxylic acids is 2. The molecule has 0 aliphatic carbocycles. The molecule has 5 rings (SSSR count). The fourth-order valence-electron chi connectivity index (χ4n) is 7.17. The summed E-state index contributed by atoms with van der Waals surface area (Å²) in [7, 11) is -0.316. The topological polar surface area (TPSA) is 262 Å². The molecule has 23 heteroatoms. The summed E-state index contributed by atoms with van der Waals surface area (Å²) in [6, 6.07) is 2.03. The Morgan fingerprint density at radius 1 is 1.03 bits per heavy atom. The molecule has 0 bridgehead atoms. The number of hydrogen-bond acceptors (Lipinski definition) is 16. The van der Waals surface area contributed by atoms with Crippen molar-refractivity contribution in [2.45, 2.75) is 117 Å². The first-order chi connectivity index (χ1) is 29.6. The Bertz CT molecular complexity index is 2190. The SMILES string of the molecule is CC[C@@H]1CN(CC(=O)NC[C@H]2O[C@@H](n3cnc4c(=O)[nH]c(NC(=O)C(C)C)nc43)C(OCCOC)[C@H]2OP(OCCC#N)N(C(C)C)C(C)C)C[C@H](n2cc(C)c(=O)[nH]c2=O)O1. The van der Waals surface area contributed by atoms with Gasteiger partial charge in [-0.2, -0.15) is 10.2 Å². The molecule has 62 heavy (non-hydrogen) atoms. The first kappa shape index (κ1) is 48.6. The van der Waals surface area contributed by atoms with Crippen molar-refractivity contribution in [1.29, 1.82) is 5.26 Å². The highest BCUT2D eigenvalue weighted by atomic mass is 31.2. The van der Waals surface area contributed by atoms with Crippen LogP contribution in [-0.4, -0.2) is 140 Å². The van der Waals surface area contributed by atoms with Crippen molar-refractivity contribution in [2.24, 2.45) is 5.92 Å². The van der Waals surface area contributed by atoms with Crippen LogP contribution < -0.4 is 27.4 Å². The van der Waals surface area contributed by atoms with Crippen LogP contribution in [0.1, 0.15) is 79.3 Å². The van der Waals surface area contributed by atoms with Gasteiger partial charge in [-0.3, -0.25) is 48.5 Å². The Kier molecular flexibility index (Phi) is 17.5. The molecule has 2 fully saturated rings. The number of H-pyrrole nitrogens is 2. The zero-order valence-electron chi connectivity index (χ0n) is 36.8. The summed E-state index contributed by atoms with van der Waals surface area (Å²) >= 11 is 0. The van der Waals surface area contributed by atoms with Crippen LogP contribution in [-0.2, 0) is 37.6 Å². The number of rotatable bonds is 21. The number of carbonyl (C=O) groups is 2. The van der Waals surface area contributed by atoms with E-state index in [1.165, 1.54) is 28.8 Å². The third-order valence-electron chi connectivity index (χ3n) is 10.2. The van der Waals surface area contributed by atoms with E-state index in [0.29, 0.717) is 18.5 Å². The minimum absolute atomic E-state index is 0.0117. The number of aromatic amines is 2. The van der Waals surface area contributed by atoms with Crippen LogP contribution in [0, 0.1) is 24.2 Å². The number of nitrogens with one attached hydrogen (secondary N) is 4. The molecule has 22 nitrogen and oxygen atoms in total. The zero-order valence-corrected chi connectivity index (χ0v) is 37.7. The van der Waals surface area contributed by atoms with Gasteiger partial charge in [-0.1, -0.05) is 20.8 Å². The predicted molar refractivity (Wildman–Crippen MR) is 227 cm³/mol. The number of aryl methyl sites for hydroxylation is 1. The lowest BCUT2D eigenvalue weighted by molar-refractivity contribution is -0.137. The first-order valence-electron chi connectivity index (χ1n) is 20.8. The maximum Gasteiger partial charge on any atom is 0.330 e. The number of fused-ring (bicyclic) bond motifs is 1. The Morgan fingerprint density at radius 2 is 1.77 bits per heavy atom. The van der Waals surface area contributed by atoms with Crippen molar-refractivity contribution >= 4 is 37.5 Å². The van der Waals surface area contributed by atoms with Crippen LogP contribution in [0.25, 0.3) is 11.2 Å². The number of aromatic nitrogens is 6. The van der Waals surface area contributed by atoms with Gasteiger partial charge in [0.2, 0.25) is 17.8 Å². The fourth-order valence-corrected chi connectivity index (χ4v) is 8.94. The molecule has 0 radical (unpaired) electrons. The second kappa shape index (κ2) is 22.3. The van der Waals surface area contributed by atoms with Gasteiger partial charge in [0.1, 0.15) is 18.3 Å². The van der Waals surface area contributed by atoms with E-state index in [0.717, 1.165) is 0 Å². The molecule has 5 heterocycles. The van der Waals surface area contributed by atoms with Gasteiger partial charge in [-0.15, -0.1) is 0 Å². The normalized spacial score (nSPS) is 22.5. The average Bonchev–Trinajstić information content (AvgIpc) is 3.79. The molecule has 342 valence electrons. The van der Waals surface area contributed by atoms with Crippen molar-refractivity contribution in [1.82, 2.24) is 44.0 Å². The lowest BCUT2D eigenvalue weighted by Crippen LogP contribution is -2.51. The average molecular weight is 890 g/mol. The van der Waals surface area contributed by atoms with E-state index >= 15 is 0 Å². The van der Waals surface area contributed by atoms with Crippen LogP contribution >= 0.6 is 8.53 Å². The maximum absolute atomic E-state index is 13.8. The van der Waals surface area contributed by atoms with Gasteiger partial charge in [-0.05, 0) is 41.0 Å². The van der Waals surface area contributed by atoms with Crippen molar-refractivity contribution in [3.05, 3.63) is 49.3 Å². The second-order valence-electron chi connectivity index (χ2n) is 16.0. The first-order valence-corrected chi connectivity index (χ1v) is 21.9. The van der Waals surface area contributed by atoms with E-state index in [1.807, 2.05) is 39.5 Å². The molecule has 0 spiro atoms. The second-order valence-corrected chi connectivity index (χ2v) is 17.4. The Balaban J connectivity index is 1.48. The smallest absolute Gasteiger partial charge is 0.330 e. The molecule has 3 aromatic heterocycles. The molecule has 4 N–H and O–H groups in total. The number of nitriles is 1. The van der Waals surface area contributed by atoms with Gasteiger partial charge in [0, 0.05) is 56.5 Å². The van der Waals surface area contributed by atoms with Gasteiger partial charge < -0.3 is 33.3 Å². The quantitative estimate of drug-likeness (QED) is 0.0879. The van der Waals surface area contributed by atoms with Crippen LogP contribution in [0.4, 0.5) is 5.95 Å². The number of anilines is 1. The minimum Gasteiger partial charge on any atom is -0.382 e. The summed E-state index contributed by atoms with van der Waals surface area (Å²) in [6.45, 7) is 15.9. The van der Waals surface area contributed by atoms with Crippen molar-refractivity contribution < 1.29 is 37.6 Å². The molecular weight excluding hydrogens is 829 g/mol. The number of nitrogens with zero attached hydrogens (tertiary/aromatic N) is 7. The van der Waals surface area contributed by atoms with Crippen LogP contribution in [0.3, 0.4) is 0 Å². The molecule has 7 atom stereocenters. The molecule has 2 aliphatic rings. The van der Waals surface area contributed by atoms with Crippen LogP contribution in [0.2, 0.25) is 0 Å². The zero-order chi connectivity index (χ0) is 45.2. The summed E-state index contributed by atoms with van der Waals surface area (Å²) in [6.07, 6.45) is -1.21. The minimum atomic E-state index is -1.85. The summed E-state index contributed by atoms with van der Waals surface area (Å²) in [5.74, 6) is -1.18. The molecule has 2 unspecified atom stereocenters. The molecule has 3 aromatic rings. The van der Waals surface area contributed by atoms with E-state index in [-0.39, 0.29) is 93.0 Å². The summed E-state index contributed by atoms with van der Waals surface area (Å²) < 4.78 is 42.9. The van der Waals surface area contributed by atoms with Gasteiger partial charge in [0.25, 0.3) is 19.6 Å². The Hall–Kier alpha value is -4.43. The maximum atomic E-state index is 13.8. The molecule has 0 aromatic carbocycles. The number of methoxy groups -OCH3 is 1. The lowest BCUT2D eigenvalue weighted by atomic mass is 10.1. The summed E-state index contributed by atoms with van der Waals surface area (Å²) in [5.41, 5.74) is -1.24. The highest BCUT2D eigenvalue weighted by molar-refractivity contribution is 7.44. The largest absolute Gasteiger partial charge is 0.382 e. The summed E-state index contributed by atoms with van der Waals surface area (Å²) in [5, 5.41) is 15.0. The van der Waals surface area contributed by atoms with Crippen molar-refractivity contribution in [3.63, 3.8) is 0 Å². The number of hydrogen-bond donors (Lipinski definition) is 4. The highest BCUT2D eigenvalue weighted by Gasteiger charge is 2.50. The third-order valence-corrected chi connectivity index (χ3v) is 12.4. The molecule has 2 amide bonds. The van der Waals surface area contributed by atoms with Crippen LogP contribution in [0.15, 0.2) is 26.9 Å². The fraction of sp³-hybridized carbons (Fsp3) is 0.692. The summed E-state index contributed by atoms with van der Waals surface area (Å²) in [4.78, 5) is 80.2. The molecular formula is C39H60N11O11P. The monoisotopic (exact) mass is 889 g/mol. The van der Waals surface area contributed by atoms with Crippen LogP contribution in [0.5, 0.6) is 0 Å². The van der Waals surface area contributed by atoms with E-state index in [4.69, 9.17) is 28.0 Å². The Morgan fingerprint density at radius 3 is 2.44 bits per heavy atom. The van der Waals surface area contributed by atoms with Gasteiger partial charge in [0.15, 0.2) is 23.6 Å². The number of amides is 2.